The highest BCUT2D eigenvalue weighted by Crippen LogP contribution is 2.36. The number of hydrogen-bond donors (Lipinski definition) is 1. The summed E-state index contributed by atoms with van der Waals surface area (Å²) in [6.45, 7) is 2.73. The van der Waals surface area contributed by atoms with Gasteiger partial charge in [0.2, 0.25) is 11.8 Å². The molecule has 2 aliphatic rings. The third-order valence-corrected chi connectivity index (χ3v) is 4.87. The van der Waals surface area contributed by atoms with Crippen LogP contribution in [0.2, 0.25) is 0 Å². The number of fused-ring (bicyclic) bond motifs is 1. The lowest BCUT2D eigenvalue weighted by Crippen LogP contribution is -2.28. The molecule has 0 unspecified atom stereocenters. The number of anilines is 2. The van der Waals surface area contributed by atoms with Crippen molar-refractivity contribution in [3.8, 4) is 11.5 Å². The predicted octanol–water partition coefficient (Wildman–Crippen LogP) is 2.65. The van der Waals surface area contributed by atoms with Crippen molar-refractivity contribution in [1.82, 2.24) is 0 Å². The number of carbonyl (C=O) groups excluding carboxylic acids is 3. The van der Waals surface area contributed by atoms with Gasteiger partial charge in [0, 0.05) is 36.0 Å². The Balaban J connectivity index is 1.46. The first-order valence-electron chi connectivity index (χ1n) is 9.13. The highest BCUT2D eigenvalue weighted by atomic mass is 16.6. The number of rotatable bonds is 4. The zero-order valence-corrected chi connectivity index (χ0v) is 15.4. The Labute approximate surface area is 162 Å². The van der Waals surface area contributed by atoms with Crippen LogP contribution in [-0.4, -0.2) is 37.4 Å². The molecule has 0 bridgehead atoms. The molecule has 7 nitrogen and oxygen atoms in total. The fourth-order valence-electron chi connectivity index (χ4n) is 3.39. The molecule has 28 heavy (non-hydrogen) atoms. The number of nitrogens with one attached hydrogen (secondary N) is 1. The number of nitrogens with zero attached hydrogens (tertiary/aromatic N) is 1. The average Bonchev–Trinajstić information content (AvgIpc) is 3.09. The summed E-state index contributed by atoms with van der Waals surface area (Å²) >= 11 is 0. The van der Waals surface area contributed by atoms with Crippen molar-refractivity contribution in [1.29, 1.82) is 0 Å². The standard InChI is InChI=1S/C21H20N2O5/c1-13(24)14-3-2-4-16(9-14)22-21(26)15-10-20(25)23(12-15)17-5-6-18-19(11-17)28-8-7-27-18/h2-6,9,11,15H,7-8,10,12H2,1H3,(H,22,26)/t15-/m0/s1. The number of ether oxygens (including phenoxy) is 2. The van der Waals surface area contributed by atoms with Gasteiger partial charge in [-0.15, -0.1) is 0 Å². The van der Waals surface area contributed by atoms with Gasteiger partial charge in [0.15, 0.2) is 17.3 Å². The summed E-state index contributed by atoms with van der Waals surface area (Å²) in [6.07, 6.45) is 0.132. The Morgan fingerprint density at radius 1 is 1.07 bits per heavy atom. The van der Waals surface area contributed by atoms with Crippen molar-refractivity contribution in [2.24, 2.45) is 5.92 Å². The van der Waals surface area contributed by atoms with E-state index in [1.807, 2.05) is 0 Å². The maximum absolute atomic E-state index is 12.6. The van der Waals surface area contributed by atoms with E-state index >= 15 is 0 Å². The zero-order valence-electron chi connectivity index (χ0n) is 15.4. The second kappa shape index (κ2) is 7.34. The molecule has 144 valence electrons. The molecule has 1 N–H and O–H groups in total. The summed E-state index contributed by atoms with van der Waals surface area (Å²) in [5.74, 6) is 0.355. The molecule has 0 saturated carbocycles. The van der Waals surface area contributed by atoms with Crippen LogP contribution in [0.3, 0.4) is 0 Å². The van der Waals surface area contributed by atoms with Crippen LogP contribution in [0.5, 0.6) is 11.5 Å². The largest absolute Gasteiger partial charge is 0.486 e. The second-order valence-electron chi connectivity index (χ2n) is 6.86. The van der Waals surface area contributed by atoms with Gasteiger partial charge in [-0.05, 0) is 31.2 Å². The topological polar surface area (TPSA) is 84.9 Å². The maximum Gasteiger partial charge on any atom is 0.229 e. The minimum absolute atomic E-state index is 0.0723. The fraction of sp³-hybridized carbons (Fsp3) is 0.286. The Kier molecular flexibility index (Phi) is 4.73. The second-order valence-corrected chi connectivity index (χ2v) is 6.86. The van der Waals surface area contributed by atoms with Gasteiger partial charge in [-0.2, -0.15) is 0 Å². The lowest BCUT2D eigenvalue weighted by Gasteiger charge is -2.22. The van der Waals surface area contributed by atoms with Gasteiger partial charge < -0.3 is 19.7 Å². The fourth-order valence-corrected chi connectivity index (χ4v) is 3.39. The Bertz CT molecular complexity index is 956. The first-order chi connectivity index (χ1) is 13.5. The van der Waals surface area contributed by atoms with E-state index in [0.29, 0.717) is 41.7 Å². The number of amides is 2. The van der Waals surface area contributed by atoms with Crippen molar-refractivity contribution in [2.45, 2.75) is 13.3 Å². The van der Waals surface area contributed by atoms with Crippen molar-refractivity contribution < 1.29 is 23.9 Å². The number of carbonyl (C=O) groups is 3. The number of ketones is 1. The minimum atomic E-state index is -0.471. The first-order valence-corrected chi connectivity index (χ1v) is 9.13. The van der Waals surface area contributed by atoms with Crippen LogP contribution in [0.4, 0.5) is 11.4 Å². The number of Topliss-reactive ketones (excluding diaryl/α,β-unsaturated/α-hetero) is 1. The van der Waals surface area contributed by atoms with Crippen LogP contribution in [-0.2, 0) is 9.59 Å². The normalized spacial score (nSPS) is 18.1. The van der Waals surface area contributed by atoms with Crippen LogP contribution in [0.1, 0.15) is 23.7 Å². The first kappa shape index (κ1) is 18.0. The molecule has 2 aromatic rings. The quantitative estimate of drug-likeness (QED) is 0.825. The van der Waals surface area contributed by atoms with Gasteiger partial charge in [0.05, 0.1) is 5.92 Å². The van der Waals surface area contributed by atoms with Gasteiger partial charge in [-0.25, -0.2) is 0 Å². The molecule has 7 heteroatoms. The van der Waals surface area contributed by atoms with E-state index in [2.05, 4.69) is 5.32 Å². The molecule has 1 atom stereocenters. The van der Waals surface area contributed by atoms with Gasteiger partial charge in [-0.3, -0.25) is 14.4 Å². The van der Waals surface area contributed by atoms with Gasteiger partial charge >= 0.3 is 0 Å². The molecular weight excluding hydrogens is 360 g/mol. The third-order valence-electron chi connectivity index (χ3n) is 4.87. The Morgan fingerprint density at radius 3 is 2.64 bits per heavy atom. The number of hydrogen-bond acceptors (Lipinski definition) is 5. The highest BCUT2D eigenvalue weighted by Gasteiger charge is 2.35. The molecule has 1 saturated heterocycles. The molecule has 2 amide bonds. The highest BCUT2D eigenvalue weighted by molar-refractivity contribution is 6.04. The molecule has 0 radical (unpaired) electrons. The maximum atomic E-state index is 12.6. The van der Waals surface area contributed by atoms with E-state index < -0.39 is 5.92 Å². The van der Waals surface area contributed by atoms with E-state index in [-0.39, 0.29) is 30.6 Å². The molecule has 4 rings (SSSR count). The lowest BCUT2D eigenvalue weighted by atomic mass is 10.1. The van der Waals surface area contributed by atoms with Crippen molar-refractivity contribution >= 4 is 29.0 Å². The van der Waals surface area contributed by atoms with E-state index in [1.165, 1.54) is 6.92 Å². The van der Waals surface area contributed by atoms with Crippen LogP contribution in [0, 0.1) is 5.92 Å². The molecule has 2 aromatic carbocycles. The SMILES string of the molecule is CC(=O)c1cccc(NC(=O)[C@H]2CC(=O)N(c3ccc4c(c3)OCCO4)C2)c1. The van der Waals surface area contributed by atoms with E-state index in [9.17, 15) is 14.4 Å². The summed E-state index contributed by atoms with van der Waals surface area (Å²) in [4.78, 5) is 38.2. The van der Waals surface area contributed by atoms with Crippen LogP contribution >= 0.6 is 0 Å². The molecule has 0 spiro atoms. The zero-order chi connectivity index (χ0) is 19.7. The van der Waals surface area contributed by atoms with E-state index in [0.717, 1.165) is 0 Å². The van der Waals surface area contributed by atoms with E-state index in [1.54, 1.807) is 47.4 Å². The molecule has 2 heterocycles. The minimum Gasteiger partial charge on any atom is -0.486 e. The Morgan fingerprint density at radius 2 is 1.86 bits per heavy atom. The Hall–Kier alpha value is -3.35. The van der Waals surface area contributed by atoms with Crippen LogP contribution in [0.15, 0.2) is 42.5 Å². The summed E-state index contributed by atoms with van der Waals surface area (Å²) in [6, 6.07) is 12.1. The molecular formula is C21H20N2O5. The summed E-state index contributed by atoms with van der Waals surface area (Å²) in [7, 11) is 0. The van der Waals surface area contributed by atoms with Crippen LogP contribution < -0.4 is 19.7 Å². The molecule has 0 aliphatic carbocycles. The van der Waals surface area contributed by atoms with E-state index in [4.69, 9.17) is 9.47 Å². The van der Waals surface area contributed by atoms with Crippen LogP contribution in [0.25, 0.3) is 0 Å². The number of benzene rings is 2. The monoisotopic (exact) mass is 380 g/mol. The third kappa shape index (κ3) is 3.55. The predicted molar refractivity (Wildman–Crippen MR) is 103 cm³/mol. The molecule has 0 aromatic heterocycles. The average molecular weight is 380 g/mol. The summed E-state index contributed by atoms with van der Waals surface area (Å²) < 4.78 is 11.1. The lowest BCUT2D eigenvalue weighted by molar-refractivity contribution is -0.122. The van der Waals surface area contributed by atoms with Crippen molar-refractivity contribution in [3.05, 3.63) is 48.0 Å². The molecule has 1 fully saturated rings. The van der Waals surface area contributed by atoms with Gasteiger partial charge in [-0.1, -0.05) is 12.1 Å². The van der Waals surface area contributed by atoms with Gasteiger partial charge in [0.25, 0.3) is 0 Å². The summed E-state index contributed by atoms with van der Waals surface area (Å²) in [5.41, 5.74) is 1.75. The van der Waals surface area contributed by atoms with Gasteiger partial charge in [0.1, 0.15) is 13.2 Å². The summed E-state index contributed by atoms with van der Waals surface area (Å²) in [5, 5.41) is 2.81. The van der Waals surface area contributed by atoms with Crippen molar-refractivity contribution in [2.75, 3.05) is 30.0 Å². The van der Waals surface area contributed by atoms with Crippen molar-refractivity contribution in [3.63, 3.8) is 0 Å². The molecule has 2 aliphatic heterocycles. The smallest absolute Gasteiger partial charge is 0.229 e.